The van der Waals surface area contributed by atoms with Crippen molar-refractivity contribution in [2.24, 2.45) is 5.92 Å². The Morgan fingerprint density at radius 1 is 1.24 bits per heavy atom. The summed E-state index contributed by atoms with van der Waals surface area (Å²) in [6.07, 6.45) is -3.34. The summed E-state index contributed by atoms with van der Waals surface area (Å²) in [5.74, 6) is -4.21. The van der Waals surface area contributed by atoms with Crippen molar-refractivity contribution in [3.05, 3.63) is 29.6 Å². The molecule has 0 radical (unpaired) electrons. The number of halogens is 3. The summed E-state index contributed by atoms with van der Waals surface area (Å²) in [5, 5.41) is 2.06. The van der Waals surface area contributed by atoms with Crippen LogP contribution in [-0.4, -0.2) is 44.5 Å². The van der Waals surface area contributed by atoms with E-state index in [1.807, 2.05) is 13.1 Å². The first-order valence-electron chi connectivity index (χ1n) is 9.15. The third-order valence-corrected chi connectivity index (χ3v) is 9.74. The van der Waals surface area contributed by atoms with Crippen LogP contribution in [0.3, 0.4) is 0 Å². The molecule has 164 valence electrons. The van der Waals surface area contributed by atoms with Gasteiger partial charge in [0.1, 0.15) is 11.7 Å². The minimum atomic E-state index is -4.69. The molecule has 1 heterocycles. The minimum Gasteiger partial charge on any atom is -0.467 e. The molecule has 0 aromatic carbocycles. The number of carbonyl (C=O) groups is 2. The highest BCUT2D eigenvalue weighted by Gasteiger charge is 2.46. The van der Waals surface area contributed by atoms with Crippen LogP contribution < -0.4 is 5.32 Å². The van der Waals surface area contributed by atoms with Crippen LogP contribution in [0.25, 0.3) is 0 Å². The summed E-state index contributed by atoms with van der Waals surface area (Å²) in [6.45, 7) is 11.2. The molecule has 0 spiro atoms. The molecule has 10 heteroatoms. The Balaban J connectivity index is 3.09. The van der Waals surface area contributed by atoms with Crippen LogP contribution in [0.1, 0.15) is 43.7 Å². The normalized spacial score (nSPS) is 14.8. The van der Waals surface area contributed by atoms with Crippen LogP contribution in [0.15, 0.2) is 18.3 Å². The van der Waals surface area contributed by atoms with Crippen LogP contribution in [0, 0.1) is 5.92 Å². The second kappa shape index (κ2) is 9.25. The van der Waals surface area contributed by atoms with Crippen LogP contribution in [0.4, 0.5) is 13.2 Å². The summed E-state index contributed by atoms with van der Waals surface area (Å²) in [5.41, 5.74) is 0.340. The van der Waals surface area contributed by atoms with Gasteiger partial charge < -0.3 is 14.5 Å². The highest BCUT2D eigenvalue weighted by atomic mass is 28.4. The molecule has 0 aliphatic carbocycles. The van der Waals surface area contributed by atoms with E-state index >= 15 is 0 Å². The lowest BCUT2D eigenvalue weighted by molar-refractivity contribution is -0.185. The molecule has 0 fully saturated rings. The van der Waals surface area contributed by atoms with Crippen molar-refractivity contribution in [2.45, 2.75) is 64.7 Å². The number of methoxy groups -OCH3 is 1. The summed E-state index contributed by atoms with van der Waals surface area (Å²) in [7, 11) is -1.16. The van der Waals surface area contributed by atoms with Crippen molar-refractivity contribution < 1.29 is 31.9 Å². The van der Waals surface area contributed by atoms with Gasteiger partial charge in [-0.15, -0.1) is 0 Å². The molecule has 1 N–H and O–H groups in total. The number of esters is 1. The molecule has 1 aromatic heterocycles. The van der Waals surface area contributed by atoms with Gasteiger partial charge in [0.15, 0.2) is 8.32 Å². The zero-order valence-electron chi connectivity index (χ0n) is 17.8. The number of carbonyl (C=O) groups excluding carboxylic acids is 2. The van der Waals surface area contributed by atoms with Crippen molar-refractivity contribution in [2.75, 3.05) is 7.11 Å². The maximum Gasteiger partial charge on any atom is 0.394 e. The van der Waals surface area contributed by atoms with Gasteiger partial charge in [-0.3, -0.25) is 9.78 Å². The second-order valence-corrected chi connectivity index (χ2v) is 13.2. The number of hydrogen-bond acceptors (Lipinski definition) is 5. The van der Waals surface area contributed by atoms with Gasteiger partial charge >= 0.3 is 12.1 Å². The number of alkyl halides is 3. The number of nitrogens with zero attached hydrogens (tertiary/aromatic N) is 1. The highest BCUT2D eigenvalue weighted by molar-refractivity contribution is 6.74. The Morgan fingerprint density at radius 3 is 2.31 bits per heavy atom. The third-order valence-electron chi connectivity index (χ3n) is 5.26. The summed E-state index contributed by atoms with van der Waals surface area (Å²) < 4.78 is 49.8. The number of hydrogen-bond donors (Lipinski definition) is 1. The number of pyridine rings is 1. The van der Waals surface area contributed by atoms with Crippen molar-refractivity contribution in [3.8, 4) is 0 Å². The van der Waals surface area contributed by atoms with E-state index in [0.29, 0.717) is 5.56 Å². The molecule has 1 amide bonds. The number of nitrogens with one attached hydrogen (secondary N) is 1. The largest absolute Gasteiger partial charge is 0.467 e. The van der Waals surface area contributed by atoms with Crippen molar-refractivity contribution in [1.82, 2.24) is 10.3 Å². The van der Waals surface area contributed by atoms with Gasteiger partial charge in [-0.05, 0) is 24.2 Å². The maximum atomic E-state index is 13.1. The van der Waals surface area contributed by atoms with E-state index < -0.39 is 38.3 Å². The van der Waals surface area contributed by atoms with Crippen molar-refractivity contribution in [1.29, 1.82) is 0 Å². The minimum absolute atomic E-state index is 0.0598. The number of rotatable bonds is 7. The molecule has 1 aromatic rings. The highest BCUT2D eigenvalue weighted by Crippen LogP contribution is 2.37. The van der Waals surface area contributed by atoms with E-state index in [9.17, 15) is 22.8 Å². The molecule has 0 aliphatic heterocycles. The van der Waals surface area contributed by atoms with Gasteiger partial charge in [0.05, 0.1) is 19.6 Å². The first-order valence-corrected chi connectivity index (χ1v) is 12.1. The molecule has 0 bridgehead atoms. The van der Waals surface area contributed by atoms with Crippen molar-refractivity contribution in [3.63, 3.8) is 0 Å². The van der Waals surface area contributed by atoms with Gasteiger partial charge in [-0.25, -0.2) is 4.79 Å². The van der Waals surface area contributed by atoms with E-state index in [0.717, 1.165) is 14.0 Å². The van der Waals surface area contributed by atoms with Crippen molar-refractivity contribution >= 4 is 20.2 Å². The van der Waals surface area contributed by atoms with Gasteiger partial charge in [-0.2, -0.15) is 13.2 Å². The maximum absolute atomic E-state index is 13.1. The number of amides is 1. The molecule has 1 rings (SSSR count). The van der Waals surface area contributed by atoms with Crippen LogP contribution >= 0.6 is 0 Å². The molecule has 0 saturated heterocycles. The van der Waals surface area contributed by atoms with Crippen LogP contribution in [-0.2, 0) is 20.6 Å². The van der Waals surface area contributed by atoms with Crippen LogP contribution in [0.5, 0.6) is 0 Å². The number of aromatic nitrogens is 1. The van der Waals surface area contributed by atoms with E-state index in [4.69, 9.17) is 4.43 Å². The van der Waals surface area contributed by atoms with Gasteiger partial charge in [0, 0.05) is 11.8 Å². The SMILES string of the molecule is COC(=O)[C@@H](NC(=O)c1ncccc1CO[Si](C)(C)C(C)(C)C)[C@H](C)C(F)(F)F. The molecule has 0 saturated carbocycles. The Labute approximate surface area is 170 Å². The molecule has 6 nitrogen and oxygen atoms in total. The van der Waals surface area contributed by atoms with Gasteiger partial charge in [0.2, 0.25) is 0 Å². The molecular weight excluding hydrogens is 405 g/mol. The van der Waals surface area contributed by atoms with E-state index in [1.165, 1.54) is 6.20 Å². The topological polar surface area (TPSA) is 77.5 Å². The lowest BCUT2D eigenvalue weighted by atomic mass is 10.0. The van der Waals surface area contributed by atoms with E-state index in [1.54, 1.807) is 12.1 Å². The molecule has 0 aliphatic rings. The zero-order chi connectivity index (χ0) is 22.6. The van der Waals surface area contributed by atoms with Gasteiger partial charge in [-0.1, -0.05) is 33.8 Å². The summed E-state index contributed by atoms with van der Waals surface area (Å²) >= 11 is 0. The standard InChI is InChI=1S/C19H29F3N2O4Si/c1-12(19(20,21)22)14(17(26)27-5)24-16(25)15-13(9-8-10-23-15)11-28-29(6,7)18(2,3)4/h8-10,12,14H,11H2,1-7H3,(H,24,25)/t12-,14-/m0/s1. The fraction of sp³-hybridized carbons (Fsp3) is 0.632. The average molecular weight is 435 g/mol. The van der Waals surface area contributed by atoms with Crippen LogP contribution in [0.2, 0.25) is 18.1 Å². The zero-order valence-corrected chi connectivity index (χ0v) is 18.8. The first-order chi connectivity index (χ1) is 13.1. The Bertz CT molecular complexity index is 733. The molecule has 29 heavy (non-hydrogen) atoms. The summed E-state index contributed by atoms with van der Waals surface area (Å²) in [4.78, 5) is 28.5. The first kappa shape index (κ1) is 25.1. The van der Waals surface area contributed by atoms with E-state index in [2.05, 4.69) is 35.8 Å². The lowest BCUT2D eigenvalue weighted by Gasteiger charge is -2.36. The Morgan fingerprint density at radius 2 is 1.83 bits per heavy atom. The Kier molecular flexibility index (Phi) is 8.00. The summed E-state index contributed by atoms with van der Waals surface area (Å²) in [6, 6.07) is 1.34. The molecular formula is C19H29F3N2O4Si. The monoisotopic (exact) mass is 434 g/mol. The fourth-order valence-corrected chi connectivity index (χ4v) is 3.10. The average Bonchev–Trinajstić information content (AvgIpc) is 2.61. The predicted molar refractivity (Wildman–Crippen MR) is 105 cm³/mol. The third kappa shape index (κ3) is 6.53. The molecule has 2 atom stereocenters. The lowest BCUT2D eigenvalue weighted by Crippen LogP contribution is -2.50. The van der Waals surface area contributed by atoms with E-state index in [-0.39, 0.29) is 17.3 Å². The predicted octanol–water partition coefficient (Wildman–Crippen LogP) is 4.07. The number of ether oxygens (including phenoxy) is 1. The second-order valence-electron chi connectivity index (χ2n) is 8.36. The fourth-order valence-electron chi connectivity index (χ4n) is 2.15. The Hall–Kier alpha value is -1.94. The smallest absolute Gasteiger partial charge is 0.394 e. The quantitative estimate of drug-likeness (QED) is 0.517. The van der Waals surface area contributed by atoms with Gasteiger partial charge in [0.25, 0.3) is 5.91 Å². The molecule has 0 unspecified atom stereocenters.